The number of imidazole rings is 1. The third-order valence-electron chi connectivity index (χ3n) is 3.35. The van der Waals surface area contributed by atoms with Crippen LogP contribution in [0.2, 0.25) is 0 Å². The van der Waals surface area contributed by atoms with Gasteiger partial charge in [0.1, 0.15) is 11.3 Å². The second-order valence-corrected chi connectivity index (χ2v) is 5.84. The Morgan fingerprint density at radius 3 is 2.85 bits per heavy atom. The van der Waals surface area contributed by atoms with Crippen LogP contribution in [0.4, 0.5) is 0 Å². The monoisotopic (exact) mass is 292 g/mol. The van der Waals surface area contributed by atoms with Crippen LogP contribution in [0.1, 0.15) is 42.5 Å². The van der Waals surface area contributed by atoms with Crippen molar-refractivity contribution in [3.8, 4) is 0 Å². The van der Waals surface area contributed by atoms with Crippen molar-refractivity contribution in [1.29, 1.82) is 0 Å². The number of carbonyl (C=O) groups is 1. The lowest BCUT2D eigenvalue weighted by molar-refractivity contribution is 0.0699. The quantitative estimate of drug-likeness (QED) is 0.883. The fraction of sp³-hybridized carbons (Fsp3) is 0.467. The lowest BCUT2D eigenvalue weighted by atomic mass is 10.2. The molecule has 1 unspecified atom stereocenters. The van der Waals surface area contributed by atoms with Gasteiger partial charge in [-0.25, -0.2) is 9.78 Å². The van der Waals surface area contributed by atoms with Crippen LogP contribution in [-0.4, -0.2) is 32.6 Å². The number of hydrogen-bond acceptors (Lipinski definition) is 3. The normalized spacial score (nSPS) is 12.8. The fourth-order valence-corrected chi connectivity index (χ4v) is 3.18. The van der Waals surface area contributed by atoms with E-state index in [9.17, 15) is 9.90 Å². The Balaban J connectivity index is 2.66. The van der Waals surface area contributed by atoms with Crippen LogP contribution in [0, 0.1) is 0 Å². The zero-order valence-corrected chi connectivity index (χ0v) is 12.9. The maximum absolute atomic E-state index is 11.3. The molecule has 1 N–H and O–H groups in total. The number of para-hydroxylation sites is 1. The van der Waals surface area contributed by atoms with Crippen molar-refractivity contribution in [3.63, 3.8) is 0 Å². The van der Waals surface area contributed by atoms with Crippen molar-refractivity contribution in [3.05, 3.63) is 29.6 Å². The summed E-state index contributed by atoms with van der Waals surface area (Å²) >= 11 is 1.79. The lowest BCUT2D eigenvalue weighted by Crippen LogP contribution is -2.11. The van der Waals surface area contributed by atoms with Crippen LogP contribution in [0.15, 0.2) is 18.2 Å². The second-order valence-electron chi connectivity index (χ2n) is 4.93. The summed E-state index contributed by atoms with van der Waals surface area (Å²) in [5.74, 6) is 1.05. The molecule has 1 aromatic heterocycles. The van der Waals surface area contributed by atoms with E-state index in [1.165, 1.54) is 0 Å². The van der Waals surface area contributed by atoms with Crippen molar-refractivity contribution in [2.24, 2.45) is 0 Å². The molecule has 20 heavy (non-hydrogen) atoms. The highest BCUT2D eigenvalue weighted by atomic mass is 32.2. The third-order valence-corrected chi connectivity index (χ3v) is 4.16. The first-order chi connectivity index (χ1) is 9.60. The van der Waals surface area contributed by atoms with Gasteiger partial charge in [-0.05, 0) is 31.7 Å². The second kappa shape index (κ2) is 6.31. The molecular formula is C15H20N2O2S. The molecule has 0 bridgehead atoms. The summed E-state index contributed by atoms with van der Waals surface area (Å²) < 4.78 is 2.20. The maximum Gasteiger partial charge on any atom is 0.337 e. The average molecular weight is 292 g/mol. The molecule has 0 saturated carbocycles. The SMILES string of the molecule is CCCc1nc2c(C(=O)O)cccc2n1C(C)CSC. The molecule has 0 aliphatic rings. The highest BCUT2D eigenvalue weighted by molar-refractivity contribution is 7.98. The molecule has 0 amide bonds. The molecule has 0 spiro atoms. The van der Waals surface area contributed by atoms with E-state index in [1.807, 2.05) is 6.07 Å². The van der Waals surface area contributed by atoms with Crippen LogP contribution in [0.25, 0.3) is 11.0 Å². The van der Waals surface area contributed by atoms with E-state index in [4.69, 9.17) is 0 Å². The van der Waals surface area contributed by atoms with Crippen molar-refractivity contribution < 1.29 is 9.90 Å². The minimum absolute atomic E-state index is 0.287. The molecule has 2 rings (SSSR count). The molecule has 0 fully saturated rings. The summed E-state index contributed by atoms with van der Waals surface area (Å²) in [6, 6.07) is 5.69. The molecular weight excluding hydrogens is 272 g/mol. The zero-order chi connectivity index (χ0) is 14.7. The van der Waals surface area contributed by atoms with E-state index in [1.54, 1.807) is 23.9 Å². The van der Waals surface area contributed by atoms with Crippen molar-refractivity contribution in [2.75, 3.05) is 12.0 Å². The molecule has 1 heterocycles. The number of fused-ring (bicyclic) bond motifs is 1. The van der Waals surface area contributed by atoms with Gasteiger partial charge in [0.2, 0.25) is 0 Å². The molecule has 1 aromatic carbocycles. The molecule has 0 aliphatic heterocycles. The van der Waals surface area contributed by atoms with Crippen molar-refractivity contribution in [1.82, 2.24) is 9.55 Å². The van der Waals surface area contributed by atoms with Crippen LogP contribution in [0.5, 0.6) is 0 Å². The number of carboxylic acids is 1. The Kier molecular flexibility index (Phi) is 4.70. The molecule has 108 valence electrons. The summed E-state index contributed by atoms with van der Waals surface area (Å²) in [7, 11) is 0. The highest BCUT2D eigenvalue weighted by Gasteiger charge is 2.19. The van der Waals surface area contributed by atoms with E-state index >= 15 is 0 Å². The summed E-state index contributed by atoms with van der Waals surface area (Å²) in [4.78, 5) is 15.9. The Bertz CT molecular complexity index is 622. The standard InChI is InChI=1S/C15H20N2O2S/c1-4-6-13-16-14-11(15(18)19)7-5-8-12(14)17(13)10(2)9-20-3/h5,7-8,10H,4,6,9H2,1-3H3,(H,18,19). The lowest BCUT2D eigenvalue weighted by Gasteiger charge is -2.16. The number of aromatic carboxylic acids is 1. The highest BCUT2D eigenvalue weighted by Crippen LogP contribution is 2.26. The molecule has 1 atom stereocenters. The smallest absolute Gasteiger partial charge is 0.337 e. The van der Waals surface area contributed by atoms with Gasteiger partial charge in [0.25, 0.3) is 0 Å². The number of rotatable bonds is 6. The van der Waals surface area contributed by atoms with Gasteiger partial charge in [0.05, 0.1) is 11.1 Å². The summed E-state index contributed by atoms with van der Waals surface area (Å²) in [5.41, 5.74) is 1.82. The largest absolute Gasteiger partial charge is 0.478 e. The predicted molar refractivity (Wildman–Crippen MR) is 83.8 cm³/mol. The number of aromatic nitrogens is 2. The number of carboxylic acid groups (broad SMARTS) is 1. The van der Waals surface area contributed by atoms with Crippen LogP contribution >= 0.6 is 11.8 Å². The van der Waals surface area contributed by atoms with Crippen molar-refractivity contribution in [2.45, 2.75) is 32.7 Å². The average Bonchev–Trinajstić information content (AvgIpc) is 2.76. The van der Waals surface area contributed by atoms with E-state index in [2.05, 4.69) is 29.7 Å². The van der Waals surface area contributed by atoms with Gasteiger partial charge in [-0.3, -0.25) is 0 Å². The van der Waals surface area contributed by atoms with E-state index in [0.29, 0.717) is 11.6 Å². The van der Waals surface area contributed by atoms with Gasteiger partial charge in [-0.2, -0.15) is 11.8 Å². The summed E-state index contributed by atoms with van der Waals surface area (Å²) in [6.45, 7) is 4.27. The van der Waals surface area contributed by atoms with Crippen LogP contribution in [0.3, 0.4) is 0 Å². The summed E-state index contributed by atoms with van der Waals surface area (Å²) in [6.07, 6.45) is 3.95. The Hall–Kier alpha value is -1.49. The molecule has 0 radical (unpaired) electrons. The van der Waals surface area contributed by atoms with Gasteiger partial charge in [0, 0.05) is 18.2 Å². The van der Waals surface area contributed by atoms with E-state index < -0.39 is 5.97 Å². The molecule has 0 saturated heterocycles. The third kappa shape index (κ3) is 2.68. The zero-order valence-electron chi connectivity index (χ0n) is 12.1. The maximum atomic E-state index is 11.3. The first-order valence-corrected chi connectivity index (χ1v) is 8.21. The van der Waals surface area contributed by atoms with Gasteiger partial charge >= 0.3 is 5.97 Å². The number of hydrogen-bond donors (Lipinski definition) is 1. The van der Waals surface area contributed by atoms with Crippen molar-refractivity contribution >= 4 is 28.8 Å². The van der Waals surface area contributed by atoms with E-state index in [0.717, 1.165) is 29.9 Å². The number of benzene rings is 1. The molecule has 2 aromatic rings. The Labute approximate surface area is 123 Å². The Morgan fingerprint density at radius 1 is 1.50 bits per heavy atom. The van der Waals surface area contributed by atoms with Crippen LogP contribution in [-0.2, 0) is 6.42 Å². The minimum atomic E-state index is -0.916. The molecule has 4 nitrogen and oxygen atoms in total. The topological polar surface area (TPSA) is 55.1 Å². The fourth-order valence-electron chi connectivity index (χ4n) is 2.55. The number of aryl methyl sites for hydroxylation is 1. The summed E-state index contributed by atoms with van der Waals surface area (Å²) in [5, 5.41) is 9.30. The number of thioether (sulfide) groups is 1. The molecule has 5 heteroatoms. The Morgan fingerprint density at radius 2 is 2.25 bits per heavy atom. The first kappa shape index (κ1) is 14.9. The van der Waals surface area contributed by atoms with Crippen LogP contribution < -0.4 is 0 Å². The van der Waals surface area contributed by atoms with Gasteiger partial charge in [-0.15, -0.1) is 0 Å². The van der Waals surface area contributed by atoms with Gasteiger partial charge < -0.3 is 9.67 Å². The van der Waals surface area contributed by atoms with E-state index in [-0.39, 0.29) is 5.56 Å². The predicted octanol–water partition coefficient (Wildman–Crippen LogP) is 3.61. The van der Waals surface area contributed by atoms with Gasteiger partial charge in [-0.1, -0.05) is 13.0 Å². The van der Waals surface area contributed by atoms with Gasteiger partial charge in [0.15, 0.2) is 0 Å². The minimum Gasteiger partial charge on any atom is -0.478 e. The first-order valence-electron chi connectivity index (χ1n) is 6.82. The molecule has 0 aliphatic carbocycles. The number of nitrogens with zero attached hydrogens (tertiary/aromatic N) is 2.